The molecule has 2 atom stereocenters. The van der Waals surface area contributed by atoms with E-state index >= 15 is 0 Å². The standard InChI is InChI=1S/C17H21FN2O2/c1-19-15(21)14-6-3-7-17(14)8-9-20(11-17)16(22)12-4-2-5-13(18)10-12/h2,4-5,10,14H,3,6-9,11H2,1H3,(H,19,21). The highest BCUT2D eigenvalue weighted by Crippen LogP contribution is 2.50. The third-order valence-corrected chi connectivity index (χ3v) is 5.21. The summed E-state index contributed by atoms with van der Waals surface area (Å²) in [5.41, 5.74) is 0.287. The normalized spacial score (nSPS) is 27.4. The molecule has 1 aromatic carbocycles. The Morgan fingerprint density at radius 3 is 2.91 bits per heavy atom. The molecule has 2 amide bonds. The third kappa shape index (κ3) is 2.49. The van der Waals surface area contributed by atoms with Gasteiger partial charge in [-0.15, -0.1) is 0 Å². The first kappa shape index (κ1) is 15.0. The van der Waals surface area contributed by atoms with E-state index in [1.54, 1.807) is 24.1 Å². The van der Waals surface area contributed by atoms with E-state index in [0.717, 1.165) is 25.7 Å². The molecule has 4 nitrogen and oxygen atoms in total. The van der Waals surface area contributed by atoms with Crippen molar-refractivity contribution >= 4 is 11.8 Å². The zero-order valence-corrected chi connectivity index (χ0v) is 12.8. The molecule has 2 aliphatic rings. The average molecular weight is 304 g/mol. The molecule has 1 aromatic rings. The van der Waals surface area contributed by atoms with Crippen LogP contribution < -0.4 is 5.32 Å². The molecule has 0 bridgehead atoms. The molecular weight excluding hydrogens is 283 g/mol. The summed E-state index contributed by atoms with van der Waals surface area (Å²) in [5, 5.41) is 2.75. The molecule has 1 saturated carbocycles. The van der Waals surface area contributed by atoms with Gasteiger partial charge >= 0.3 is 0 Å². The predicted octanol–water partition coefficient (Wildman–Crippen LogP) is 2.20. The van der Waals surface area contributed by atoms with Crippen LogP contribution in [0.1, 0.15) is 36.0 Å². The fourth-order valence-electron chi connectivity index (χ4n) is 4.08. The summed E-state index contributed by atoms with van der Waals surface area (Å²) in [5.74, 6) is -0.469. The molecule has 1 N–H and O–H groups in total. The first-order valence-electron chi connectivity index (χ1n) is 7.82. The molecule has 0 radical (unpaired) electrons. The van der Waals surface area contributed by atoms with E-state index in [2.05, 4.69) is 5.32 Å². The second-order valence-electron chi connectivity index (χ2n) is 6.41. The third-order valence-electron chi connectivity index (χ3n) is 5.21. The van der Waals surface area contributed by atoms with Crippen molar-refractivity contribution in [1.29, 1.82) is 0 Å². The molecule has 1 aliphatic heterocycles. The van der Waals surface area contributed by atoms with Crippen molar-refractivity contribution in [3.8, 4) is 0 Å². The number of likely N-dealkylation sites (tertiary alicyclic amines) is 1. The fourth-order valence-corrected chi connectivity index (χ4v) is 4.08. The van der Waals surface area contributed by atoms with Crippen LogP contribution >= 0.6 is 0 Å². The number of nitrogens with one attached hydrogen (secondary N) is 1. The Morgan fingerprint density at radius 1 is 1.36 bits per heavy atom. The maximum atomic E-state index is 13.3. The maximum Gasteiger partial charge on any atom is 0.253 e. The minimum atomic E-state index is -0.399. The Labute approximate surface area is 129 Å². The lowest BCUT2D eigenvalue weighted by Crippen LogP contribution is -2.40. The number of amides is 2. The van der Waals surface area contributed by atoms with Crippen molar-refractivity contribution in [2.45, 2.75) is 25.7 Å². The highest BCUT2D eigenvalue weighted by molar-refractivity contribution is 5.94. The van der Waals surface area contributed by atoms with E-state index in [1.165, 1.54) is 12.1 Å². The van der Waals surface area contributed by atoms with Gasteiger partial charge in [0, 0.05) is 37.0 Å². The van der Waals surface area contributed by atoms with Crippen molar-refractivity contribution < 1.29 is 14.0 Å². The Balaban J connectivity index is 1.77. The molecule has 1 aliphatic carbocycles. The monoisotopic (exact) mass is 304 g/mol. The zero-order chi connectivity index (χ0) is 15.7. The Kier molecular flexibility index (Phi) is 3.89. The molecule has 1 saturated heterocycles. The first-order valence-corrected chi connectivity index (χ1v) is 7.82. The van der Waals surface area contributed by atoms with Gasteiger partial charge in [-0.25, -0.2) is 4.39 Å². The molecule has 118 valence electrons. The Bertz CT molecular complexity index is 604. The lowest BCUT2D eigenvalue weighted by molar-refractivity contribution is -0.127. The fraction of sp³-hybridized carbons (Fsp3) is 0.529. The van der Waals surface area contributed by atoms with Crippen LogP contribution in [-0.4, -0.2) is 36.9 Å². The molecular formula is C17H21FN2O2. The molecule has 1 spiro atoms. The topological polar surface area (TPSA) is 49.4 Å². The van der Waals surface area contributed by atoms with Crippen molar-refractivity contribution in [3.63, 3.8) is 0 Å². The van der Waals surface area contributed by atoms with Gasteiger partial charge in [0.15, 0.2) is 0 Å². The second-order valence-corrected chi connectivity index (χ2v) is 6.41. The first-order chi connectivity index (χ1) is 10.6. The van der Waals surface area contributed by atoms with Crippen molar-refractivity contribution in [1.82, 2.24) is 10.2 Å². The second kappa shape index (κ2) is 5.71. The largest absolute Gasteiger partial charge is 0.359 e. The number of carbonyl (C=O) groups excluding carboxylic acids is 2. The summed E-state index contributed by atoms with van der Waals surface area (Å²) in [6.07, 6.45) is 3.76. The molecule has 22 heavy (non-hydrogen) atoms. The summed E-state index contributed by atoms with van der Waals surface area (Å²) in [6.45, 7) is 1.24. The molecule has 0 aromatic heterocycles. The van der Waals surface area contributed by atoms with Crippen molar-refractivity contribution in [2.75, 3.05) is 20.1 Å². The van der Waals surface area contributed by atoms with Crippen LogP contribution in [0.15, 0.2) is 24.3 Å². The molecule has 1 heterocycles. The van der Waals surface area contributed by atoms with Gasteiger partial charge in [0.05, 0.1) is 0 Å². The quantitative estimate of drug-likeness (QED) is 0.910. The zero-order valence-electron chi connectivity index (χ0n) is 12.8. The number of halogens is 1. The molecule has 2 unspecified atom stereocenters. The summed E-state index contributed by atoms with van der Waals surface area (Å²) >= 11 is 0. The Hall–Kier alpha value is -1.91. The van der Waals surface area contributed by atoms with E-state index in [0.29, 0.717) is 18.7 Å². The van der Waals surface area contributed by atoms with Crippen LogP contribution in [0, 0.1) is 17.2 Å². The number of rotatable bonds is 2. The minimum absolute atomic E-state index is 0.0113. The summed E-state index contributed by atoms with van der Waals surface area (Å²) < 4.78 is 13.3. The SMILES string of the molecule is CNC(=O)C1CCCC12CCN(C(=O)c1cccc(F)c1)C2. The van der Waals surface area contributed by atoms with Crippen LogP contribution in [0.5, 0.6) is 0 Å². The van der Waals surface area contributed by atoms with Crippen molar-refractivity contribution in [3.05, 3.63) is 35.6 Å². The van der Waals surface area contributed by atoms with Gasteiger partial charge in [0.2, 0.25) is 5.91 Å². The average Bonchev–Trinajstić information content (AvgIpc) is 3.13. The summed E-state index contributed by atoms with van der Waals surface area (Å²) in [4.78, 5) is 26.4. The van der Waals surface area contributed by atoms with Gasteiger partial charge in [-0.05, 0) is 37.5 Å². The van der Waals surface area contributed by atoms with E-state index in [9.17, 15) is 14.0 Å². The number of hydrogen-bond acceptors (Lipinski definition) is 2. The number of hydrogen-bond donors (Lipinski definition) is 1. The number of benzene rings is 1. The van der Waals surface area contributed by atoms with E-state index in [-0.39, 0.29) is 23.1 Å². The predicted molar refractivity (Wildman–Crippen MR) is 80.8 cm³/mol. The van der Waals surface area contributed by atoms with E-state index < -0.39 is 5.82 Å². The summed E-state index contributed by atoms with van der Waals surface area (Å²) in [6, 6.07) is 5.80. The van der Waals surface area contributed by atoms with Gasteiger partial charge in [0.25, 0.3) is 5.91 Å². The molecule has 2 fully saturated rings. The highest BCUT2D eigenvalue weighted by atomic mass is 19.1. The lowest BCUT2D eigenvalue weighted by Gasteiger charge is -2.30. The highest BCUT2D eigenvalue weighted by Gasteiger charge is 2.51. The van der Waals surface area contributed by atoms with Crippen LogP contribution in [0.3, 0.4) is 0 Å². The maximum absolute atomic E-state index is 13.3. The smallest absolute Gasteiger partial charge is 0.253 e. The molecule has 3 rings (SSSR count). The van der Waals surface area contributed by atoms with Crippen LogP contribution in [0.2, 0.25) is 0 Å². The minimum Gasteiger partial charge on any atom is -0.359 e. The van der Waals surface area contributed by atoms with Gasteiger partial charge in [0.1, 0.15) is 5.82 Å². The van der Waals surface area contributed by atoms with E-state index in [1.807, 2.05) is 0 Å². The number of nitrogens with zero attached hydrogens (tertiary/aromatic N) is 1. The van der Waals surface area contributed by atoms with Gasteiger partial charge < -0.3 is 10.2 Å². The van der Waals surface area contributed by atoms with Gasteiger partial charge in [-0.1, -0.05) is 12.5 Å². The van der Waals surface area contributed by atoms with Gasteiger partial charge in [-0.2, -0.15) is 0 Å². The van der Waals surface area contributed by atoms with Gasteiger partial charge in [-0.3, -0.25) is 9.59 Å². The van der Waals surface area contributed by atoms with Crippen LogP contribution in [0.25, 0.3) is 0 Å². The summed E-state index contributed by atoms with van der Waals surface area (Å²) in [7, 11) is 1.67. The van der Waals surface area contributed by atoms with Crippen molar-refractivity contribution in [2.24, 2.45) is 11.3 Å². The van der Waals surface area contributed by atoms with Crippen LogP contribution in [-0.2, 0) is 4.79 Å². The number of carbonyl (C=O) groups is 2. The molecule has 5 heteroatoms. The van der Waals surface area contributed by atoms with Crippen LogP contribution in [0.4, 0.5) is 4.39 Å². The Morgan fingerprint density at radius 2 is 2.18 bits per heavy atom. The lowest BCUT2D eigenvalue weighted by atomic mass is 9.76. The van der Waals surface area contributed by atoms with E-state index in [4.69, 9.17) is 0 Å².